The van der Waals surface area contributed by atoms with Gasteiger partial charge in [0.25, 0.3) is 0 Å². The first-order chi connectivity index (χ1) is 10.1. The molecule has 0 heterocycles. The first-order valence-electron chi connectivity index (χ1n) is 8.73. The van der Waals surface area contributed by atoms with E-state index in [1.165, 1.54) is 25.7 Å². The maximum absolute atomic E-state index is 12.2. The van der Waals surface area contributed by atoms with Crippen LogP contribution in [0.25, 0.3) is 0 Å². The Morgan fingerprint density at radius 2 is 1.95 bits per heavy atom. The van der Waals surface area contributed by atoms with Gasteiger partial charge in [0, 0.05) is 12.1 Å². The van der Waals surface area contributed by atoms with Gasteiger partial charge in [-0.25, -0.2) is 0 Å². The SMILES string of the molecule is C=C/C=C(\CC)C(=O)NCC1CC2CC1C1CC(C)CC21. The van der Waals surface area contributed by atoms with E-state index in [-0.39, 0.29) is 5.91 Å². The molecule has 3 aliphatic rings. The van der Waals surface area contributed by atoms with Gasteiger partial charge >= 0.3 is 0 Å². The summed E-state index contributed by atoms with van der Waals surface area (Å²) in [5, 5.41) is 3.18. The molecule has 2 nitrogen and oxygen atoms in total. The standard InChI is InChI=1S/C19H29NO/c1-4-6-13(5-2)19(21)20-11-15-9-14-10-17(15)18-8-12(3)7-16(14)18/h4,6,12,14-18H,1,5,7-11H2,2-3H3,(H,20,21)/b13-6+. The third-order valence-electron chi connectivity index (χ3n) is 6.36. The Morgan fingerprint density at radius 1 is 1.19 bits per heavy atom. The minimum absolute atomic E-state index is 0.108. The van der Waals surface area contributed by atoms with Crippen molar-refractivity contribution < 1.29 is 4.79 Å². The molecule has 0 aromatic heterocycles. The van der Waals surface area contributed by atoms with Gasteiger partial charge in [-0.05, 0) is 67.6 Å². The number of hydrogen-bond acceptors (Lipinski definition) is 1. The number of carbonyl (C=O) groups is 1. The van der Waals surface area contributed by atoms with Gasteiger partial charge in [0.05, 0.1) is 0 Å². The molecule has 0 saturated heterocycles. The summed E-state index contributed by atoms with van der Waals surface area (Å²) in [6.07, 6.45) is 10.0. The number of rotatable bonds is 5. The van der Waals surface area contributed by atoms with E-state index >= 15 is 0 Å². The second-order valence-electron chi connectivity index (χ2n) is 7.55. The summed E-state index contributed by atoms with van der Waals surface area (Å²) in [7, 11) is 0. The summed E-state index contributed by atoms with van der Waals surface area (Å²) in [5.74, 6) is 5.60. The first-order valence-corrected chi connectivity index (χ1v) is 8.73. The van der Waals surface area contributed by atoms with Gasteiger partial charge < -0.3 is 5.32 Å². The molecule has 1 N–H and O–H groups in total. The molecule has 0 aromatic carbocycles. The van der Waals surface area contributed by atoms with Crippen LogP contribution >= 0.6 is 0 Å². The van der Waals surface area contributed by atoms with Gasteiger partial charge in [0.1, 0.15) is 0 Å². The highest BCUT2D eigenvalue weighted by molar-refractivity contribution is 5.93. The highest BCUT2D eigenvalue weighted by Crippen LogP contribution is 2.61. The van der Waals surface area contributed by atoms with Gasteiger partial charge in [-0.3, -0.25) is 4.79 Å². The molecule has 0 radical (unpaired) electrons. The normalized spacial score (nSPS) is 41.1. The van der Waals surface area contributed by atoms with Crippen molar-refractivity contribution in [2.45, 2.75) is 46.0 Å². The van der Waals surface area contributed by atoms with Crippen molar-refractivity contribution >= 4 is 5.91 Å². The second kappa shape index (κ2) is 5.98. The lowest BCUT2D eigenvalue weighted by Crippen LogP contribution is -2.35. The molecule has 6 atom stereocenters. The summed E-state index contributed by atoms with van der Waals surface area (Å²) in [4.78, 5) is 12.2. The molecule has 3 fully saturated rings. The quantitative estimate of drug-likeness (QED) is 0.602. The molecule has 3 rings (SSSR count). The van der Waals surface area contributed by atoms with Gasteiger partial charge in [0.15, 0.2) is 0 Å². The summed E-state index contributed by atoms with van der Waals surface area (Å²) >= 11 is 0. The lowest BCUT2D eigenvalue weighted by molar-refractivity contribution is -0.117. The fraction of sp³-hybridized carbons (Fsp3) is 0.737. The Bertz CT molecular complexity index is 452. The largest absolute Gasteiger partial charge is 0.352 e. The third-order valence-corrected chi connectivity index (χ3v) is 6.36. The van der Waals surface area contributed by atoms with Crippen LogP contribution < -0.4 is 5.32 Å². The van der Waals surface area contributed by atoms with E-state index in [2.05, 4.69) is 18.8 Å². The molecular weight excluding hydrogens is 258 g/mol. The van der Waals surface area contributed by atoms with E-state index in [9.17, 15) is 4.79 Å². The maximum atomic E-state index is 12.2. The van der Waals surface area contributed by atoms with E-state index in [1.54, 1.807) is 6.08 Å². The van der Waals surface area contributed by atoms with E-state index in [4.69, 9.17) is 0 Å². The number of nitrogens with one attached hydrogen (secondary N) is 1. The third kappa shape index (κ3) is 2.69. The minimum atomic E-state index is 0.108. The molecule has 6 unspecified atom stereocenters. The van der Waals surface area contributed by atoms with Gasteiger partial charge in [-0.2, -0.15) is 0 Å². The number of allylic oxidation sites excluding steroid dienone is 2. The van der Waals surface area contributed by atoms with Crippen LogP contribution in [0.1, 0.15) is 46.0 Å². The Kier molecular flexibility index (Phi) is 4.24. The molecule has 1 amide bonds. The molecular formula is C19H29NO. The Morgan fingerprint density at radius 3 is 2.67 bits per heavy atom. The van der Waals surface area contributed by atoms with Crippen molar-refractivity contribution in [3.63, 3.8) is 0 Å². The predicted molar refractivity (Wildman–Crippen MR) is 86.7 cm³/mol. The fourth-order valence-corrected chi connectivity index (χ4v) is 5.55. The number of hydrogen-bond donors (Lipinski definition) is 1. The molecule has 3 aliphatic carbocycles. The zero-order valence-corrected chi connectivity index (χ0v) is 13.5. The van der Waals surface area contributed by atoms with Crippen molar-refractivity contribution in [1.29, 1.82) is 0 Å². The van der Waals surface area contributed by atoms with Crippen molar-refractivity contribution in [3.8, 4) is 0 Å². The predicted octanol–water partition coefficient (Wildman–Crippen LogP) is 3.94. The average Bonchev–Trinajstić information content (AvgIpc) is 3.12. The molecule has 0 spiro atoms. The highest BCUT2D eigenvalue weighted by atomic mass is 16.1. The Balaban J connectivity index is 1.55. The van der Waals surface area contributed by atoms with E-state index in [0.29, 0.717) is 0 Å². The lowest BCUT2D eigenvalue weighted by Gasteiger charge is -2.31. The van der Waals surface area contributed by atoms with Crippen molar-refractivity contribution in [2.75, 3.05) is 6.54 Å². The van der Waals surface area contributed by atoms with Crippen LogP contribution in [-0.2, 0) is 4.79 Å². The number of carbonyl (C=O) groups excluding carboxylic acids is 1. The van der Waals surface area contributed by atoms with Crippen LogP contribution in [0.15, 0.2) is 24.3 Å². The van der Waals surface area contributed by atoms with Gasteiger partial charge in [-0.1, -0.05) is 32.6 Å². The topological polar surface area (TPSA) is 29.1 Å². The van der Waals surface area contributed by atoms with Crippen molar-refractivity contribution in [2.24, 2.45) is 35.5 Å². The average molecular weight is 287 g/mol. The van der Waals surface area contributed by atoms with Crippen LogP contribution in [0.2, 0.25) is 0 Å². The Hall–Kier alpha value is -1.05. The zero-order valence-electron chi connectivity index (χ0n) is 13.5. The van der Waals surface area contributed by atoms with Crippen LogP contribution in [-0.4, -0.2) is 12.5 Å². The van der Waals surface area contributed by atoms with Crippen LogP contribution in [0.4, 0.5) is 0 Å². The van der Waals surface area contributed by atoms with Crippen LogP contribution in [0.5, 0.6) is 0 Å². The number of fused-ring (bicyclic) bond motifs is 5. The molecule has 2 heteroatoms. The monoisotopic (exact) mass is 287 g/mol. The van der Waals surface area contributed by atoms with Gasteiger partial charge in [0.2, 0.25) is 5.91 Å². The molecule has 21 heavy (non-hydrogen) atoms. The highest BCUT2D eigenvalue weighted by Gasteiger charge is 2.54. The van der Waals surface area contributed by atoms with E-state index in [1.807, 2.05) is 13.0 Å². The lowest BCUT2D eigenvalue weighted by atomic mass is 9.76. The van der Waals surface area contributed by atoms with E-state index < -0.39 is 0 Å². The molecule has 0 aliphatic heterocycles. The maximum Gasteiger partial charge on any atom is 0.247 e. The van der Waals surface area contributed by atoms with Gasteiger partial charge in [-0.15, -0.1) is 0 Å². The van der Waals surface area contributed by atoms with E-state index in [0.717, 1.165) is 54.0 Å². The first kappa shape index (κ1) is 14.9. The summed E-state index contributed by atoms with van der Waals surface area (Å²) < 4.78 is 0. The fourth-order valence-electron chi connectivity index (χ4n) is 5.55. The van der Waals surface area contributed by atoms with Crippen LogP contribution in [0.3, 0.4) is 0 Å². The molecule has 0 aromatic rings. The van der Waals surface area contributed by atoms with Crippen molar-refractivity contribution in [3.05, 3.63) is 24.3 Å². The smallest absolute Gasteiger partial charge is 0.247 e. The molecule has 116 valence electrons. The summed E-state index contributed by atoms with van der Waals surface area (Å²) in [6, 6.07) is 0. The summed E-state index contributed by atoms with van der Waals surface area (Å²) in [6.45, 7) is 9.01. The zero-order chi connectivity index (χ0) is 15.0. The van der Waals surface area contributed by atoms with Crippen LogP contribution in [0, 0.1) is 35.5 Å². The summed E-state index contributed by atoms with van der Waals surface area (Å²) in [5.41, 5.74) is 0.848. The Labute approximate surface area is 129 Å². The molecule has 3 saturated carbocycles. The van der Waals surface area contributed by atoms with Crippen molar-refractivity contribution in [1.82, 2.24) is 5.32 Å². The second-order valence-corrected chi connectivity index (χ2v) is 7.55. The minimum Gasteiger partial charge on any atom is -0.352 e. The number of amides is 1. The molecule has 2 bridgehead atoms.